The molecule has 20 heavy (non-hydrogen) atoms. The zero-order chi connectivity index (χ0) is 14.9. The Bertz CT molecular complexity index is 771. The van der Waals surface area contributed by atoms with E-state index in [1.165, 1.54) is 30.2 Å². The number of anilines is 1. The summed E-state index contributed by atoms with van der Waals surface area (Å²) in [7, 11) is -2.56. The Kier molecular flexibility index (Phi) is 3.64. The van der Waals surface area contributed by atoms with E-state index in [2.05, 4.69) is 14.8 Å². The number of nitrogens with zero attached hydrogens (tertiary/aromatic N) is 3. The van der Waals surface area contributed by atoms with Crippen molar-refractivity contribution in [1.82, 2.24) is 14.8 Å². The first-order valence-corrected chi connectivity index (χ1v) is 7.07. The molecule has 0 saturated heterocycles. The highest BCUT2D eigenvalue weighted by molar-refractivity contribution is 7.92. The Morgan fingerprint density at radius 3 is 2.70 bits per heavy atom. The SMILES string of the molecule is Cn1ncnc1NS(=O)(=O)c1cc(C(=O)O)ccc1Cl. The van der Waals surface area contributed by atoms with Gasteiger partial charge in [-0.15, -0.1) is 0 Å². The monoisotopic (exact) mass is 316 g/mol. The van der Waals surface area contributed by atoms with E-state index in [-0.39, 0.29) is 21.4 Å². The number of carboxylic acid groups (broad SMARTS) is 1. The number of benzene rings is 1. The quantitative estimate of drug-likeness (QED) is 0.868. The smallest absolute Gasteiger partial charge is 0.335 e. The molecule has 0 spiro atoms. The summed E-state index contributed by atoms with van der Waals surface area (Å²) in [5.41, 5.74) is -0.187. The highest BCUT2D eigenvalue weighted by atomic mass is 35.5. The molecule has 8 nitrogen and oxygen atoms in total. The first-order valence-electron chi connectivity index (χ1n) is 5.21. The molecule has 1 aromatic heterocycles. The molecule has 2 aromatic rings. The van der Waals surface area contributed by atoms with Crippen LogP contribution in [0.25, 0.3) is 0 Å². The summed E-state index contributed by atoms with van der Waals surface area (Å²) in [6.07, 6.45) is 1.17. The molecule has 0 saturated carbocycles. The van der Waals surface area contributed by atoms with Crippen LogP contribution >= 0.6 is 11.6 Å². The Labute approximate surface area is 119 Å². The molecule has 0 aliphatic heterocycles. The Hall–Kier alpha value is -2.13. The van der Waals surface area contributed by atoms with Gasteiger partial charge in [0, 0.05) is 7.05 Å². The molecule has 2 N–H and O–H groups in total. The zero-order valence-electron chi connectivity index (χ0n) is 10.1. The van der Waals surface area contributed by atoms with Crippen molar-refractivity contribution in [2.75, 3.05) is 4.72 Å². The van der Waals surface area contributed by atoms with Crippen LogP contribution in [0.3, 0.4) is 0 Å². The molecule has 2 rings (SSSR count). The number of sulfonamides is 1. The average Bonchev–Trinajstić information content (AvgIpc) is 2.74. The standard InChI is InChI=1S/C10H9ClN4O4S/c1-15-10(12-5-13-15)14-20(18,19)8-4-6(9(16)17)2-3-7(8)11/h2-5H,1H3,(H,16,17)(H,12,13,14). The van der Waals surface area contributed by atoms with Crippen LogP contribution < -0.4 is 4.72 Å². The number of nitrogens with one attached hydrogen (secondary N) is 1. The second-order valence-corrected chi connectivity index (χ2v) is 5.82. The lowest BCUT2D eigenvalue weighted by Gasteiger charge is -2.09. The van der Waals surface area contributed by atoms with Gasteiger partial charge in [0.1, 0.15) is 11.2 Å². The molecule has 0 aliphatic carbocycles. The predicted octanol–water partition coefficient (Wildman–Crippen LogP) is 0.968. The summed E-state index contributed by atoms with van der Waals surface area (Å²) in [5, 5.41) is 12.5. The van der Waals surface area contributed by atoms with Crippen LogP contribution in [0.2, 0.25) is 5.02 Å². The third-order valence-electron chi connectivity index (χ3n) is 2.40. The first kappa shape index (κ1) is 14.3. The van der Waals surface area contributed by atoms with Crippen LogP contribution in [0.5, 0.6) is 0 Å². The molecule has 0 amide bonds. The number of halogens is 1. The third kappa shape index (κ3) is 2.73. The molecule has 1 aromatic carbocycles. The van der Waals surface area contributed by atoms with E-state index in [9.17, 15) is 13.2 Å². The van der Waals surface area contributed by atoms with Gasteiger partial charge in [-0.2, -0.15) is 10.1 Å². The van der Waals surface area contributed by atoms with Gasteiger partial charge in [0.2, 0.25) is 5.95 Å². The first-order chi connectivity index (χ1) is 9.31. The third-order valence-corrected chi connectivity index (χ3v) is 4.21. The fourth-order valence-corrected chi connectivity index (χ4v) is 2.97. The van der Waals surface area contributed by atoms with Crippen molar-refractivity contribution in [3.8, 4) is 0 Å². The maximum absolute atomic E-state index is 12.2. The second-order valence-electron chi connectivity index (χ2n) is 3.76. The van der Waals surface area contributed by atoms with E-state index in [0.717, 1.165) is 6.07 Å². The van der Waals surface area contributed by atoms with E-state index in [4.69, 9.17) is 16.7 Å². The molecule has 1 heterocycles. The fourth-order valence-electron chi connectivity index (χ4n) is 1.41. The Balaban J connectivity index is 2.46. The molecule has 0 fully saturated rings. The van der Waals surface area contributed by atoms with Crippen LogP contribution in [0.1, 0.15) is 10.4 Å². The van der Waals surface area contributed by atoms with Crippen LogP contribution in [0.15, 0.2) is 29.4 Å². The average molecular weight is 317 g/mol. The lowest BCUT2D eigenvalue weighted by molar-refractivity contribution is 0.0696. The van der Waals surface area contributed by atoms with E-state index >= 15 is 0 Å². The van der Waals surface area contributed by atoms with E-state index < -0.39 is 16.0 Å². The number of rotatable bonds is 4. The summed E-state index contributed by atoms with van der Waals surface area (Å²) >= 11 is 5.81. The van der Waals surface area contributed by atoms with Gasteiger partial charge in [0.05, 0.1) is 10.6 Å². The lowest BCUT2D eigenvalue weighted by Crippen LogP contribution is -2.17. The van der Waals surface area contributed by atoms with Crippen molar-refractivity contribution in [3.63, 3.8) is 0 Å². The Morgan fingerprint density at radius 2 is 2.15 bits per heavy atom. The van der Waals surface area contributed by atoms with Gasteiger partial charge in [-0.05, 0) is 18.2 Å². The summed E-state index contributed by atoms with van der Waals surface area (Å²) < 4.78 is 27.7. The van der Waals surface area contributed by atoms with Gasteiger partial charge in [-0.25, -0.2) is 22.6 Å². The van der Waals surface area contributed by atoms with Crippen molar-refractivity contribution in [2.24, 2.45) is 7.05 Å². The van der Waals surface area contributed by atoms with Crippen molar-refractivity contribution in [3.05, 3.63) is 35.1 Å². The fraction of sp³-hybridized carbons (Fsp3) is 0.100. The minimum atomic E-state index is -4.06. The highest BCUT2D eigenvalue weighted by Gasteiger charge is 2.21. The summed E-state index contributed by atoms with van der Waals surface area (Å²) in [6, 6.07) is 3.39. The molecule has 10 heteroatoms. The maximum atomic E-state index is 12.2. The predicted molar refractivity (Wildman–Crippen MR) is 70.2 cm³/mol. The zero-order valence-corrected chi connectivity index (χ0v) is 11.7. The van der Waals surface area contributed by atoms with E-state index in [0.29, 0.717) is 0 Å². The van der Waals surface area contributed by atoms with Gasteiger partial charge < -0.3 is 5.11 Å². The lowest BCUT2D eigenvalue weighted by atomic mass is 10.2. The molecule has 0 unspecified atom stereocenters. The number of hydrogen-bond acceptors (Lipinski definition) is 5. The largest absolute Gasteiger partial charge is 0.478 e. The van der Waals surface area contributed by atoms with E-state index in [1.807, 2.05) is 0 Å². The van der Waals surface area contributed by atoms with Crippen molar-refractivity contribution in [2.45, 2.75) is 4.90 Å². The van der Waals surface area contributed by atoms with Crippen LogP contribution in [-0.4, -0.2) is 34.3 Å². The van der Waals surface area contributed by atoms with Gasteiger partial charge >= 0.3 is 5.97 Å². The van der Waals surface area contributed by atoms with Crippen molar-refractivity contribution >= 4 is 33.5 Å². The molecule has 0 aliphatic rings. The summed E-state index contributed by atoms with van der Waals surface area (Å²) in [5.74, 6) is -1.27. The summed E-state index contributed by atoms with van der Waals surface area (Å²) in [6.45, 7) is 0. The maximum Gasteiger partial charge on any atom is 0.335 e. The number of carbonyl (C=O) groups is 1. The molecular formula is C10H9ClN4O4S. The number of aryl methyl sites for hydroxylation is 1. The van der Waals surface area contributed by atoms with Gasteiger partial charge in [0.15, 0.2) is 0 Å². The normalized spacial score (nSPS) is 11.3. The number of hydrogen-bond donors (Lipinski definition) is 2. The topological polar surface area (TPSA) is 114 Å². The van der Waals surface area contributed by atoms with Gasteiger partial charge in [0.25, 0.3) is 10.0 Å². The van der Waals surface area contributed by atoms with Crippen molar-refractivity contribution < 1.29 is 18.3 Å². The minimum absolute atomic E-state index is 0.0122. The molecule has 106 valence electrons. The molecule has 0 radical (unpaired) electrons. The van der Waals surface area contributed by atoms with Crippen molar-refractivity contribution in [1.29, 1.82) is 0 Å². The number of carboxylic acids is 1. The van der Waals surface area contributed by atoms with Crippen LogP contribution in [0, 0.1) is 0 Å². The molecular weight excluding hydrogens is 308 g/mol. The second kappa shape index (κ2) is 5.10. The Morgan fingerprint density at radius 1 is 1.45 bits per heavy atom. The van der Waals surface area contributed by atoms with E-state index in [1.54, 1.807) is 0 Å². The van der Waals surface area contributed by atoms with Crippen LogP contribution in [-0.2, 0) is 17.1 Å². The number of aromatic nitrogens is 3. The minimum Gasteiger partial charge on any atom is -0.478 e. The van der Waals surface area contributed by atoms with Gasteiger partial charge in [-0.1, -0.05) is 11.6 Å². The van der Waals surface area contributed by atoms with Gasteiger partial charge in [-0.3, -0.25) is 0 Å². The number of aromatic carboxylic acids is 1. The highest BCUT2D eigenvalue weighted by Crippen LogP contribution is 2.24. The summed E-state index contributed by atoms with van der Waals surface area (Å²) in [4.78, 5) is 14.2. The molecule has 0 bridgehead atoms. The molecule has 0 atom stereocenters. The van der Waals surface area contributed by atoms with Crippen LogP contribution in [0.4, 0.5) is 5.95 Å².